The van der Waals surface area contributed by atoms with Crippen molar-refractivity contribution >= 4 is 29.3 Å². The Morgan fingerprint density at radius 3 is 2.52 bits per heavy atom. The van der Waals surface area contributed by atoms with E-state index in [4.69, 9.17) is 11.6 Å². The van der Waals surface area contributed by atoms with Crippen molar-refractivity contribution in [3.63, 3.8) is 0 Å². The van der Waals surface area contributed by atoms with Gasteiger partial charge in [0.05, 0.1) is 11.8 Å². The molecule has 0 fully saturated rings. The molecular formula is C19H17ClN2O. The van der Waals surface area contributed by atoms with E-state index in [0.29, 0.717) is 11.4 Å². The van der Waals surface area contributed by atoms with Crippen LogP contribution in [0.15, 0.2) is 65.8 Å². The van der Waals surface area contributed by atoms with Crippen LogP contribution in [0.1, 0.15) is 24.5 Å². The van der Waals surface area contributed by atoms with Gasteiger partial charge in [-0.1, -0.05) is 66.2 Å². The van der Waals surface area contributed by atoms with Crippen molar-refractivity contribution in [2.75, 3.05) is 0 Å². The molecule has 0 aromatic heterocycles. The molecule has 4 heteroatoms. The summed E-state index contributed by atoms with van der Waals surface area (Å²) < 4.78 is 0. The van der Waals surface area contributed by atoms with Gasteiger partial charge in [0.15, 0.2) is 0 Å². The molecule has 1 amide bonds. The summed E-state index contributed by atoms with van der Waals surface area (Å²) in [5.41, 5.74) is 3.01. The monoisotopic (exact) mass is 324 g/mol. The highest BCUT2D eigenvalue weighted by molar-refractivity contribution is 6.30. The smallest absolute Gasteiger partial charge is 0.240 e. The van der Waals surface area contributed by atoms with Crippen molar-refractivity contribution in [3.05, 3.63) is 76.8 Å². The summed E-state index contributed by atoms with van der Waals surface area (Å²) in [6.45, 7) is 1.54. The predicted molar refractivity (Wildman–Crippen MR) is 94.4 cm³/mol. The lowest BCUT2D eigenvalue weighted by Gasteiger charge is -2.16. The first-order valence-corrected chi connectivity index (χ1v) is 7.88. The molecule has 1 aliphatic heterocycles. The Balaban J connectivity index is 1.81. The SMILES string of the molecule is CC(=O)N1N=C(c2ccc(Cl)cc2)C[C@@H]1/C=C/c1ccccc1. The number of amides is 1. The zero-order valence-corrected chi connectivity index (χ0v) is 13.6. The fourth-order valence-corrected chi connectivity index (χ4v) is 2.71. The second-order valence-electron chi connectivity index (χ2n) is 5.46. The highest BCUT2D eigenvalue weighted by atomic mass is 35.5. The molecule has 2 aromatic carbocycles. The molecule has 0 spiro atoms. The molecule has 116 valence electrons. The van der Waals surface area contributed by atoms with Crippen molar-refractivity contribution in [2.24, 2.45) is 5.10 Å². The second kappa shape index (κ2) is 6.80. The van der Waals surface area contributed by atoms with E-state index in [1.54, 1.807) is 5.01 Å². The van der Waals surface area contributed by atoms with Gasteiger partial charge in [0, 0.05) is 18.4 Å². The number of rotatable bonds is 3. The van der Waals surface area contributed by atoms with E-state index in [1.165, 1.54) is 6.92 Å². The first-order valence-electron chi connectivity index (χ1n) is 7.50. The van der Waals surface area contributed by atoms with Gasteiger partial charge >= 0.3 is 0 Å². The zero-order valence-electron chi connectivity index (χ0n) is 12.8. The summed E-state index contributed by atoms with van der Waals surface area (Å²) in [6.07, 6.45) is 4.76. The maximum absolute atomic E-state index is 11.9. The normalized spacial score (nSPS) is 17.6. The third-order valence-electron chi connectivity index (χ3n) is 3.76. The Hall–Kier alpha value is -2.39. The molecule has 3 rings (SSSR count). The first-order chi connectivity index (χ1) is 11.1. The third kappa shape index (κ3) is 3.69. The van der Waals surface area contributed by atoms with Crippen LogP contribution in [-0.2, 0) is 4.79 Å². The molecule has 0 N–H and O–H groups in total. The van der Waals surface area contributed by atoms with Gasteiger partial charge in [-0.25, -0.2) is 5.01 Å². The lowest BCUT2D eigenvalue weighted by Crippen LogP contribution is -2.29. The van der Waals surface area contributed by atoms with Gasteiger partial charge < -0.3 is 0 Å². The van der Waals surface area contributed by atoms with Crippen molar-refractivity contribution in [3.8, 4) is 0 Å². The average molecular weight is 325 g/mol. The topological polar surface area (TPSA) is 32.7 Å². The average Bonchev–Trinajstić information content (AvgIpc) is 2.99. The largest absolute Gasteiger partial charge is 0.273 e. The Morgan fingerprint density at radius 2 is 1.87 bits per heavy atom. The number of carbonyl (C=O) groups excluding carboxylic acids is 1. The number of nitrogens with zero attached hydrogens (tertiary/aromatic N) is 2. The Bertz CT molecular complexity index is 751. The number of hydrogen-bond donors (Lipinski definition) is 0. The molecule has 0 aliphatic carbocycles. The summed E-state index contributed by atoms with van der Waals surface area (Å²) in [6, 6.07) is 17.5. The fraction of sp³-hybridized carbons (Fsp3) is 0.158. The van der Waals surface area contributed by atoms with Crippen LogP contribution >= 0.6 is 11.6 Å². The summed E-state index contributed by atoms with van der Waals surface area (Å²) in [4.78, 5) is 11.9. The van der Waals surface area contributed by atoms with E-state index in [9.17, 15) is 4.79 Å². The minimum Gasteiger partial charge on any atom is -0.273 e. The van der Waals surface area contributed by atoms with E-state index in [-0.39, 0.29) is 11.9 Å². The van der Waals surface area contributed by atoms with E-state index >= 15 is 0 Å². The highest BCUT2D eigenvalue weighted by Gasteiger charge is 2.27. The summed E-state index contributed by atoms with van der Waals surface area (Å²) in [5.74, 6) is -0.0586. The van der Waals surface area contributed by atoms with Crippen molar-refractivity contribution in [1.82, 2.24) is 5.01 Å². The van der Waals surface area contributed by atoms with Crippen LogP contribution in [0.5, 0.6) is 0 Å². The maximum Gasteiger partial charge on any atom is 0.240 e. The number of hydrogen-bond acceptors (Lipinski definition) is 2. The molecular weight excluding hydrogens is 308 g/mol. The molecule has 1 atom stereocenters. The molecule has 1 aliphatic rings. The molecule has 3 nitrogen and oxygen atoms in total. The minimum absolute atomic E-state index is 0.0571. The van der Waals surface area contributed by atoms with Gasteiger partial charge in [0.25, 0.3) is 0 Å². The van der Waals surface area contributed by atoms with Gasteiger partial charge in [-0.2, -0.15) is 5.10 Å². The van der Waals surface area contributed by atoms with Crippen LogP contribution in [0.2, 0.25) is 5.02 Å². The second-order valence-corrected chi connectivity index (χ2v) is 5.89. The van der Waals surface area contributed by atoms with Gasteiger partial charge in [0.1, 0.15) is 0 Å². The minimum atomic E-state index is -0.0586. The number of halogens is 1. The molecule has 0 unspecified atom stereocenters. The summed E-state index contributed by atoms with van der Waals surface area (Å²) >= 11 is 5.93. The van der Waals surface area contributed by atoms with E-state index in [1.807, 2.05) is 66.7 Å². The Kier molecular flexibility index (Phi) is 4.58. The van der Waals surface area contributed by atoms with Crippen LogP contribution in [-0.4, -0.2) is 22.7 Å². The highest BCUT2D eigenvalue weighted by Crippen LogP contribution is 2.23. The van der Waals surface area contributed by atoms with Gasteiger partial charge in [-0.15, -0.1) is 0 Å². The molecule has 23 heavy (non-hydrogen) atoms. The van der Waals surface area contributed by atoms with Crippen molar-refractivity contribution < 1.29 is 4.79 Å². The third-order valence-corrected chi connectivity index (χ3v) is 4.01. The van der Waals surface area contributed by atoms with E-state index in [2.05, 4.69) is 5.10 Å². The van der Waals surface area contributed by atoms with Gasteiger partial charge in [-0.05, 0) is 23.3 Å². The van der Waals surface area contributed by atoms with Crippen molar-refractivity contribution in [2.45, 2.75) is 19.4 Å². The van der Waals surface area contributed by atoms with E-state index < -0.39 is 0 Å². The standard InChI is InChI=1S/C19H17ClN2O/c1-14(23)22-18(12-7-15-5-3-2-4-6-15)13-19(21-22)16-8-10-17(20)11-9-16/h2-12,18H,13H2,1H3/b12-7+/t18-/m0/s1. The van der Waals surface area contributed by atoms with E-state index in [0.717, 1.165) is 16.8 Å². The first kappa shape index (κ1) is 15.5. The fourth-order valence-electron chi connectivity index (χ4n) is 2.59. The lowest BCUT2D eigenvalue weighted by molar-refractivity contribution is -0.129. The van der Waals surface area contributed by atoms with Crippen molar-refractivity contribution in [1.29, 1.82) is 0 Å². The number of carbonyl (C=O) groups is 1. The lowest BCUT2D eigenvalue weighted by atomic mass is 10.0. The Morgan fingerprint density at radius 1 is 1.17 bits per heavy atom. The van der Waals surface area contributed by atoms with Crippen LogP contribution in [0.25, 0.3) is 6.08 Å². The molecule has 2 aromatic rings. The molecule has 0 radical (unpaired) electrons. The van der Waals surface area contributed by atoms with Crippen LogP contribution in [0.4, 0.5) is 0 Å². The van der Waals surface area contributed by atoms with Crippen LogP contribution < -0.4 is 0 Å². The van der Waals surface area contributed by atoms with Gasteiger partial charge in [-0.3, -0.25) is 4.79 Å². The summed E-state index contributed by atoms with van der Waals surface area (Å²) in [5, 5.41) is 6.72. The zero-order chi connectivity index (χ0) is 16.2. The number of benzene rings is 2. The predicted octanol–water partition coefficient (Wildman–Crippen LogP) is 4.38. The Labute approximate surface area is 140 Å². The maximum atomic E-state index is 11.9. The molecule has 0 saturated heterocycles. The molecule has 0 saturated carbocycles. The summed E-state index contributed by atoms with van der Waals surface area (Å²) in [7, 11) is 0. The van der Waals surface area contributed by atoms with Crippen LogP contribution in [0, 0.1) is 0 Å². The molecule has 0 bridgehead atoms. The molecule has 1 heterocycles. The number of hydrazone groups is 1. The quantitative estimate of drug-likeness (QED) is 0.824. The van der Waals surface area contributed by atoms with Gasteiger partial charge in [0.2, 0.25) is 5.91 Å². The van der Waals surface area contributed by atoms with Crippen LogP contribution in [0.3, 0.4) is 0 Å².